The highest BCUT2D eigenvalue weighted by molar-refractivity contribution is 6.41. The van der Waals surface area contributed by atoms with Crippen molar-refractivity contribution in [1.29, 1.82) is 0 Å². The number of fused-ring (bicyclic) bond motifs is 1. The SMILES string of the molecule is CC(Nc1nc(=O)n(C)c2ccc(Cc3ccnc(Cl)c3Cl)cc12)c1ncccn1. The molecule has 1 aromatic carbocycles. The van der Waals surface area contributed by atoms with Gasteiger partial charge in [-0.25, -0.2) is 19.7 Å². The zero-order valence-corrected chi connectivity index (χ0v) is 17.8. The lowest BCUT2D eigenvalue weighted by Crippen LogP contribution is -2.23. The largest absolute Gasteiger partial charge is 0.360 e. The highest BCUT2D eigenvalue weighted by Gasteiger charge is 2.15. The van der Waals surface area contributed by atoms with E-state index in [1.165, 1.54) is 4.57 Å². The van der Waals surface area contributed by atoms with Gasteiger partial charge in [-0.3, -0.25) is 4.57 Å². The molecule has 0 spiro atoms. The quantitative estimate of drug-likeness (QED) is 0.468. The van der Waals surface area contributed by atoms with Crippen LogP contribution >= 0.6 is 23.2 Å². The zero-order chi connectivity index (χ0) is 21.3. The van der Waals surface area contributed by atoms with E-state index in [-0.39, 0.29) is 16.9 Å². The third kappa shape index (κ3) is 3.99. The standard InChI is InChI=1S/C21H18Cl2N6O/c1-12(19-25-7-3-8-26-19)27-20-15-11-13(4-5-16(15)29(2)21(30)28-20)10-14-6-9-24-18(23)17(14)22/h3-9,11-12H,10H2,1-2H3,(H,27,28,30). The molecule has 0 fully saturated rings. The number of aromatic nitrogens is 5. The van der Waals surface area contributed by atoms with E-state index in [1.54, 1.807) is 31.7 Å². The van der Waals surface area contributed by atoms with E-state index in [2.05, 4.69) is 25.3 Å². The number of halogens is 2. The summed E-state index contributed by atoms with van der Waals surface area (Å²) in [6, 6.07) is 9.22. The minimum atomic E-state index is -0.345. The molecular formula is C21H18Cl2N6O. The Bertz CT molecular complexity index is 1280. The summed E-state index contributed by atoms with van der Waals surface area (Å²) in [6.45, 7) is 1.92. The van der Waals surface area contributed by atoms with Crippen LogP contribution in [0.15, 0.2) is 53.7 Å². The Morgan fingerprint density at radius 3 is 2.63 bits per heavy atom. The fourth-order valence-corrected chi connectivity index (χ4v) is 3.59. The molecule has 1 N–H and O–H groups in total. The molecule has 0 radical (unpaired) electrons. The van der Waals surface area contributed by atoms with Crippen LogP contribution in [0.1, 0.15) is 29.9 Å². The van der Waals surface area contributed by atoms with Crippen LogP contribution in [-0.2, 0) is 13.5 Å². The van der Waals surface area contributed by atoms with Crippen molar-refractivity contribution in [2.45, 2.75) is 19.4 Å². The Hall–Kier alpha value is -3.03. The van der Waals surface area contributed by atoms with Gasteiger partial charge in [-0.1, -0.05) is 29.3 Å². The second kappa shape index (κ2) is 8.38. The summed E-state index contributed by atoms with van der Waals surface area (Å²) < 4.78 is 1.52. The first kappa shape index (κ1) is 20.3. The minimum absolute atomic E-state index is 0.230. The third-order valence-electron chi connectivity index (χ3n) is 4.82. The lowest BCUT2D eigenvalue weighted by molar-refractivity contribution is 0.776. The summed E-state index contributed by atoms with van der Waals surface area (Å²) >= 11 is 12.3. The highest BCUT2D eigenvalue weighted by atomic mass is 35.5. The van der Waals surface area contributed by atoms with E-state index in [0.29, 0.717) is 23.1 Å². The van der Waals surface area contributed by atoms with Gasteiger partial charge in [0.25, 0.3) is 0 Å². The lowest BCUT2D eigenvalue weighted by Gasteiger charge is -2.16. The second-order valence-electron chi connectivity index (χ2n) is 6.88. The zero-order valence-electron chi connectivity index (χ0n) is 16.3. The molecule has 0 amide bonds. The topological polar surface area (TPSA) is 85.6 Å². The summed E-state index contributed by atoms with van der Waals surface area (Å²) in [6.07, 6.45) is 5.55. The Morgan fingerprint density at radius 2 is 1.87 bits per heavy atom. The van der Waals surface area contributed by atoms with Gasteiger partial charge in [-0.05, 0) is 48.7 Å². The predicted octanol–water partition coefficient (Wildman–Crippen LogP) is 4.19. The fraction of sp³-hybridized carbons (Fsp3) is 0.190. The number of aryl methyl sites for hydroxylation is 1. The summed E-state index contributed by atoms with van der Waals surface area (Å²) in [5, 5.41) is 4.80. The van der Waals surface area contributed by atoms with E-state index in [1.807, 2.05) is 31.2 Å². The van der Waals surface area contributed by atoms with Gasteiger partial charge in [-0.2, -0.15) is 4.98 Å². The van der Waals surface area contributed by atoms with Crippen molar-refractivity contribution in [3.63, 3.8) is 0 Å². The normalized spacial score (nSPS) is 12.1. The predicted molar refractivity (Wildman–Crippen MR) is 118 cm³/mol. The number of hydrogen-bond donors (Lipinski definition) is 1. The van der Waals surface area contributed by atoms with Crippen LogP contribution in [-0.4, -0.2) is 24.5 Å². The number of pyridine rings is 1. The molecule has 9 heteroatoms. The van der Waals surface area contributed by atoms with E-state index < -0.39 is 0 Å². The van der Waals surface area contributed by atoms with E-state index in [4.69, 9.17) is 23.2 Å². The maximum Gasteiger partial charge on any atom is 0.349 e. The summed E-state index contributed by atoms with van der Waals surface area (Å²) in [5.41, 5.74) is 2.29. The number of anilines is 1. The van der Waals surface area contributed by atoms with Crippen molar-refractivity contribution in [3.05, 3.63) is 86.5 Å². The van der Waals surface area contributed by atoms with Crippen molar-refractivity contribution in [1.82, 2.24) is 24.5 Å². The summed E-state index contributed by atoms with van der Waals surface area (Å²) in [4.78, 5) is 29.1. The number of hydrogen-bond acceptors (Lipinski definition) is 6. The molecule has 4 aromatic rings. The molecule has 152 valence electrons. The smallest absolute Gasteiger partial charge is 0.349 e. The first-order chi connectivity index (χ1) is 14.4. The van der Waals surface area contributed by atoms with E-state index >= 15 is 0 Å². The van der Waals surface area contributed by atoms with Crippen molar-refractivity contribution >= 4 is 39.9 Å². The molecule has 4 rings (SSSR count). The highest BCUT2D eigenvalue weighted by Crippen LogP contribution is 2.28. The Balaban J connectivity index is 1.76. The van der Waals surface area contributed by atoms with Crippen LogP contribution in [0.2, 0.25) is 10.2 Å². The molecule has 0 aliphatic heterocycles. The van der Waals surface area contributed by atoms with Gasteiger partial charge in [0, 0.05) is 31.0 Å². The van der Waals surface area contributed by atoms with Gasteiger partial charge in [0.05, 0.1) is 16.6 Å². The monoisotopic (exact) mass is 440 g/mol. The number of nitrogens with zero attached hydrogens (tertiary/aromatic N) is 5. The van der Waals surface area contributed by atoms with Gasteiger partial charge >= 0.3 is 5.69 Å². The molecule has 7 nitrogen and oxygen atoms in total. The van der Waals surface area contributed by atoms with Crippen molar-refractivity contribution in [2.75, 3.05) is 5.32 Å². The maximum absolute atomic E-state index is 12.4. The Labute approximate surface area is 182 Å². The van der Waals surface area contributed by atoms with Crippen LogP contribution < -0.4 is 11.0 Å². The van der Waals surface area contributed by atoms with Crippen LogP contribution in [0, 0.1) is 0 Å². The maximum atomic E-state index is 12.4. The Morgan fingerprint density at radius 1 is 1.10 bits per heavy atom. The first-order valence-electron chi connectivity index (χ1n) is 9.26. The average molecular weight is 441 g/mol. The lowest BCUT2D eigenvalue weighted by atomic mass is 10.0. The van der Waals surface area contributed by atoms with Crippen molar-refractivity contribution in [2.24, 2.45) is 7.05 Å². The molecule has 1 unspecified atom stereocenters. The van der Waals surface area contributed by atoms with Crippen LogP contribution in [0.5, 0.6) is 0 Å². The molecule has 0 aliphatic rings. The first-order valence-corrected chi connectivity index (χ1v) is 10.0. The molecule has 0 saturated heterocycles. The molecular weight excluding hydrogens is 423 g/mol. The van der Waals surface area contributed by atoms with Crippen LogP contribution in [0.4, 0.5) is 5.82 Å². The van der Waals surface area contributed by atoms with Crippen LogP contribution in [0.25, 0.3) is 10.9 Å². The second-order valence-corrected chi connectivity index (χ2v) is 7.61. The van der Waals surface area contributed by atoms with Crippen molar-refractivity contribution in [3.8, 4) is 0 Å². The van der Waals surface area contributed by atoms with Gasteiger partial charge < -0.3 is 5.32 Å². The molecule has 1 atom stereocenters. The summed E-state index contributed by atoms with van der Waals surface area (Å²) in [7, 11) is 1.70. The number of rotatable bonds is 5. The molecule has 0 saturated carbocycles. The molecule has 30 heavy (non-hydrogen) atoms. The average Bonchev–Trinajstić information content (AvgIpc) is 2.75. The third-order valence-corrected chi connectivity index (χ3v) is 5.62. The number of nitrogens with one attached hydrogen (secondary N) is 1. The van der Waals surface area contributed by atoms with Gasteiger partial charge in [-0.15, -0.1) is 0 Å². The van der Waals surface area contributed by atoms with E-state index in [0.717, 1.165) is 22.0 Å². The van der Waals surface area contributed by atoms with Gasteiger partial charge in [0.2, 0.25) is 0 Å². The van der Waals surface area contributed by atoms with Crippen LogP contribution in [0.3, 0.4) is 0 Å². The Kier molecular flexibility index (Phi) is 5.65. The molecule has 0 bridgehead atoms. The molecule has 3 heterocycles. The fourth-order valence-electron chi connectivity index (χ4n) is 3.23. The van der Waals surface area contributed by atoms with Crippen molar-refractivity contribution < 1.29 is 0 Å². The van der Waals surface area contributed by atoms with Gasteiger partial charge in [0.15, 0.2) is 0 Å². The summed E-state index contributed by atoms with van der Waals surface area (Å²) in [5.74, 6) is 1.09. The minimum Gasteiger partial charge on any atom is -0.360 e. The van der Waals surface area contributed by atoms with Gasteiger partial charge in [0.1, 0.15) is 16.8 Å². The van der Waals surface area contributed by atoms with E-state index in [9.17, 15) is 4.79 Å². The molecule has 0 aliphatic carbocycles. The molecule has 3 aromatic heterocycles. The number of benzene rings is 1.